The van der Waals surface area contributed by atoms with Gasteiger partial charge in [0, 0.05) is 32.7 Å². The molecular formula is C41H28N2S. The lowest BCUT2D eigenvalue weighted by molar-refractivity contribution is 1.09. The van der Waals surface area contributed by atoms with Gasteiger partial charge in [-0.1, -0.05) is 115 Å². The highest BCUT2D eigenvalue weighted by Crippen LogP contribution is 2.43. The molecule has 9 rings (SSSR count). The Morgan fingerprint density at radius 2 is 1.14 bits per heavy atom. The third-order valence-electron chi connectivity index (χ3n) is 8.88. The Hall–Kier alpha value is -5.38. The van der Waals surface area contributed by atoms with Gasteiger partial charge in [0.2, 0.25) is 0 Å². The van der Waals surface area contributed by atoms with Gasteiger partial charge < -0.3 is 10.2 Å². The summed E-state index contributed by atoms with van der Waals surface area (Å²) in [5.41, 5.74) is 7.24. The second kappa shape index (κ2) is 10.1. The smallest absolute Gasteiger partial charge is 0.0972 e. The van der Waals surface area contributed by atoms with Crippen molar-refractivity contribution in [3.63, 3.8) is 0 Å². The quantitative estimate of drug-likeness (QED) is 0.208. The molecule has 0 unspecified atom stereocenters. The molecule has 1 aromatic heterocycles. The number of thiophene rings is 1. The minimum atomic E-state index is 0.752. The fourth-order valence-electron chi connectivity index (χ4n) is 6.74. The van der Waals surface area contributed by atoms with Crippen LogP contribution in [0.5, 0.6) is 0 Å². The average molecular weight is 581 g/mol. The highest BCUT2D eigenvalue weighted by atomic mass is 32.1. The Morgan fingerprint density at radius 1 is 0.500 bits per heavy atom. The van der Waals surface area contributed by atoms with Crippen LogP contribution >= 0.6 is 11.3 Å². The second-order valence-electron chi connectivity index (χ2n) is 11.4. The van der Waals surface area contributed by atoms with Crippen molar-refractivity contribution in [1.29, 1.82) is 0 Å². The van der Waals surface area contributed by atoms with Crippen LogP contribution in [0.1, 0.15) is 5.56 Å². The van der Waals surface area contributed by atoms with Crippen LogP contribution < -0.4 is 10.2 Å². The van der Waals surface area contributed by atoms with E-state index in [2.05, 4.69) is 162 Å². The molecule has 3 heteroatoms. The fraction of sp³-hybridized carbons (Fsp3) is 0.0244. The van der Waals surface area contributed by atoms with E-state index in [1.165, 1.54) is 69.8 Å². The molecule has 2 heterocycles. The molecule has 2 nitrogen and oxygen atoms in total. The molecule has 1 aliphatic rings. The second-order valence-corrected chi connectivity index (χ2v) is 12.5. The van der Waals surface area contributed by atoms with E-state index in [1.807, 2.05) is 11.3 Å². The molecule has 44 heavy (non-hydrogen) atoms. The van der Waals surface area contributed by atoms with Crippen molar-refractivity contribution in [2.75, 3.05) is 16.8 Å². The van der Waals surface area contributed by atoms with E-state index >= 15 is 0 Å². The lowest BCUT2D eigenvalue weighted by Gasteiger charge is -2.31. The summed E-state index contributed by atoms with van der Waals surface area (Å²) in [6.45, 7) is 0.752. The zero-order chi connectivity index (χ0) is 29.0. The first kappa shape index (κ1) is 25.1. The molecule has 0 radical (unpaired) electrons. The van der Waals surface area contributed by atoms with Gasteiger partial charge in [0.05, 0.1) is 11.5 Å². The van der Waals surface area contributed by atoms with Gasteiger partial charge in [-0.2, -0.15) is 0 Å². The molecule has 0 bridgehead atoms. The molecule has 0 spiro atoms. The maximum absolute atomic E-state index is 3.75. The maximum atomic E-state index is 3.75. The van der Waals surface area contributed by atoms with E-state index in [0.29, 0.717) is 0 Å². The highest BCUT2D eigenvalue weighted by molar-refractivity contribution is 7.23. The zero-order valence-electron chi connectivity index (χ0n) is 24.0. The molecular weight excluding hydrogens is 553 g/mol. The monoisotopic (exact) mass is 580 g/mol. The minimum absolute atomic E-state index is 0.752. The summed E-state index contributed by atoms with van der Waals surface area (Å²) in [7, 11) is 0. The Morgan fingerprint density at radius 3 is 1.98 bits per heavy atom. The number of fused-ring (bicyclic) bond motifs is 8. The summed E-state index contributed by atoms with van der Waals surface area (Å²) in [5, 5.41) is 14.0. The fourth-order valence-corrected chi connectivity index (χ4v) is 7.82. The van der Waals surface area contributed by atoms with Gasteiger partial charge in [0.15, 0.2) is 0 Å². The predicted molar refractivity (Wildman–Crippen MR) is 191 cm³/mol. The third-order valence-corrected chi connectivity index (χ3v) is 10.0. The van der Waals surface area contributed by atoms with E-state index < -0.39 is 0 Å². The van der Waals surface area contributed by atoms with E-state index in [9.17, 15) is 0 Å². The molecule has 0 saturated carbocycles. The van der Waals surface area contributed by atoms with Crippen molar-refractivity contribution in [3.05, 3.63) is 157 Å². The van der Waals surface area contributed by atoms with Gasteiger partial charge in [-0.25, -0.2) is 0 Å². The van der Waals surface area contributed by atoms with Crippen molar-refractivity contribution in [1.82, 2.24) is 0 Å². The van der Waals surface area contributed by atoms with Crippen LogP contribution in [0.15, 0.2) is 151 Å². The van der Waals surface area contributed by atoms with E-state index in [-0.39, 0.29) is 0 Å². The number of hydrogen-bond donors (Lipinski definition) is 1. The summed E-state index contributed by atoms with van der Waals surface area (Å²) in [6.07, 6.45) is 2.38. The number of nitrogens with one attached hydrogen (secondary N) is 1. The van der Waals surface area contributed by atoms with Crippen LogP contribution in [0.25, 0.3) is 59.6 Å². The first-order chi connectivity index (χ1) is 21.8. The largest absolute Gasteiger partial charge is 0.371 e. The van der Waals surface area contributed by atoms with Crippen LogP contribution in [-0.4, -0.2) is 6.54 Å². The standard InChI is InChI=1S/C41H28N2S/c1-2-8-27(9-3-1)28-14-18-31(19-15-28)43(33-25-39-38-12-6-7-13-40(38)44-41(39)42-26-33)32-20-23-35-30(24-32)17-22-36-34-11-5-4-10-29(34)16-21-37(35)36/h1-25,42H,26H2. The summed E-state index contributed by atoms with van der Waals surface area (Å²) in [5.74, 6) is 0. The average Bonchev–Trinajstić information content (AvgIpc) is 3.47. The van der Waals surface area contributed by atoms with Crippen LogP contribution in [0.4, 0.5) is 16.4 Å². The van der Waals surface area contributed by atoms with Crippen molar-refractivity contribution in [2.45, 2.75) is 0 Å². The lowest BCUT2D eigenvalue weighted by Crippen LogP contribution is -2.24. The Balaban J connectivity index is 1.21. The summed E-state index contributed by atoms with van der Waals surface area (Å²) in [4.78, 5) is 2.42. The molecule has 0 atom stereocenters. The number of benzene rings is 7. The molecule has 1 N–H and O–H groups in total. The normalized spacial score (nSPS) is 12.8. The van der Waals surface area contributed by atoms with Crippen LogP contribution in [0.3, 0.4) is 0 Å². The molecule has 7 aromatic carbocycles. The van der Waals surface area contributed by atoms with Crippen LogP contribution in [0, 0.1) is 0 Å². The number of nitrogens with zero attached hydrogens (tertiary/aromatic N) is 1. The Bertz CT molecular complexity index is 2380. The first-order valence-electron chi connectivity index (χ1n) is 15.1. The maximum Gasteiger partial charge on any atom is 0.0972 e. The number of anilines is 3. The highest BCUT2D eigenvalue weighted by Gasteiger charge is 2.22. The van der Waals surface area contributed by atoms with Crippen molar-refractivity contribution >= 4 is 76.2 Å². The van der Waals surface area contributed by atoms with Crippen molar-refractivity contribution in [2.24, 2.45) is 0 Å². The molecule has 8 aromatic rings. The predicted octanol–water partition coefficient (Wildman–Crippen LogP) is 11.6. The SMILES string of the molecule is C1=C(N(c2ccc(-c3ccccc3)cc2)c2ccc3c(ccc4c5ccccc5ccc34)c2)CNc2sc3ccccc3c21. The molecule has 208 valence electrons. The summed E-state index contributed by atoms with van der Waals surface area (Å²) >= 11 is 1.83. The van der Waals surface area contributed by atoms with E-state index in [0.717, 1.165) is 17.9 Å². The topological polar surface area (TPSA) is 15.3 Å². The lowest BCUT2D eigenvalue weighted by atomic mass is 9.96. The van der Waals surface area contributed by atoms with Crippen molar-refractivity contribution < 1.29 is 0 Å². The third kappa shape index (κ3) is 4.09. The molecule has 0 saturated heterocycles. The molecule has 1 aliphatic heterocycles. The van der Waals surface area contributed by atoms with E-state index in [4.69, 9.17) is 0 Å². The van der Waals surface area contributed by atoms with Crippen LogP contribution in [0.2, 0.25) is 0 Å². The van der Waals surface area contributed by atoms with E-state index in [1.54, 1.807) is 0 Å². The molecule has 0 fully saturated rings. The van der Waals surface area contributed by atoms with Gasteiger partial charge in [0.25, 0.3) is 0 Å². The Labute approximate surface area is 260 Å². The zero-order valence-corrected chi connectivity index (χ0v) is 24.8. The summed E-state index contributed by atoms with van der Waals surface area (Å²) in [6, 6.07) is 52.9. The molecule has 0 amide bonds. The van der Waals surface area contributed by atoms with Gasteiger partial charge in [0.1, 0.15) is 0 Å². The molecule has 0 aliphatic carbocycles. The summed E-state index contributed by atoms with van der Waals surface area (Å²) < 4.78 is 1.31. The number of rotatable bonds is 4. The van der Waals surface area contributed by atoms with Gasteiger partial charge in [-0.05, 0) is 79.9 Å². The Kier molecular flexibility index (Phi) is 5.78. The number of hydrogen-bond acceptors (Lipinski definition) is 3. The van der Waals surface area contributed by atoms with Crippen LogP contribution in [-0.2, 0) is 0 Å². The minimum Gasteiger partial charge on any atom is -0.371 e. The first-order valence-corrected chi connectivity index (χ1v) is 15.9. The van der Waals surface area contributed by atoms with Crippen molar-refractivity contribution in [3.8, 4) is 11.1 Å². The van der Waals surface area contributed by atoms with Gasteiger partial charge in [-0.3, -0.25) is 0 Å². The van der Waals surface area contributed by atoms with Gasteiger partial charge >= 0.3 is 0 Å². The van der Waals surface area contributed by atoms with Gasteiger partial charge in [-0.15, -0.1) is 11.3 Å².